The predicted molar refractivity (Wildman–Crippen MR) is 82.9 cm³/mol. The molecule has 0 saturated heterocycles. The normalized spacial score (nSPS) is 12.4. The van der Waals surface area contributed by atoms with Crippen molar-refractivity contribution in [2.45, 2.75) is 26.3 Å². The van der Waals surface area contributed by atoms with Gasteiger partial charge in [-0.3, -0.25) is 0 Å². The van der Waals surface area contributed by atoms with E-state index in [4.69, 9.17) is 11.6 Å². The van der Waals surface area contributed by atoms with E-state index >= 15 is 0 Å². The minimum Gasteiger partial charge on any atom is -0.313 e. The largest absolute Gasteiger partial charge is 0.313 e. The van der Waals surface area contributed by atoms with E-state index in [1.807, 2.05) is 19.2 Å². The molecule has 0 radical (unpaired) electrons. The molecule has 0 saturated carbocycles. The van der Waals surface area contributed by atoms with Crippen LogP contribution in [0.1, 0.15) is 28.3 Å². The molecule has 2 rings (SSSR count). The highest BCUT2D eigenvalue weighted by Crippen LogP contribution is 2.24. The molecule has 100 valence electrons. The summed E-state index contributed by atoms with van der Waals surface area (Å²) in [5.41, 5.74) is 5.21. The smallest absolute Gasteiger partial charge is 0.0408 e. The quantitative estimate of drug-likeness (QED) is 0.867. The molecule has 0 fully saturated rings. The maximum Gasteiger partial charge on any atom is 0.0408 e. The molecule has 0 spiro atoms. The van der Waals surface area contributed by atoms with Crippen molar-refractivity contribution in [3.63, 3.8) is 0 Å². The summed E-state index contributed by atoms with van der Waals surface area (Å²) in [6.45, 7) is 4.24. The summed E-state index contributed by atoms with van der Waals surface area (Å²) in [5, 5.41) is 4.20. The summed E-state index contributed by atoms with van der Waals surface area (Å²) < 4.78 is 0. The van der Waals surface area contributed by atoms with Gasteiger partial charge >= 0.3 is 0 Å². The number of benzene rings is 2. The predicted octanol–water partition coefficient (Wildman–Crippen LogP) is 4.46. The molecule has 1 nitrogen and oxygen atoms in total. The Balaban J connectivity index is 2.25. The van der Waals surface area contributed by atoms with Gasteiger partial charge in [0.2, 0.25) is 0 Å². The van der Waals surface area contributed by atoms with Crippen LogP contribution in [0.5, 0.6) is 0 Å². The Hall–Kier alpha value is -1.31. The molecule has 0 aliphatic rings. The minimum atomic E-state index is 0.319. The van der Waals surface area contributed by atoms with Crippen molar-refractivity contribution in [1.29, 1.82) is 0 Å². The molecule has 0 aliphatic carbocycles. The molecule has 0 bridgehead atoms. The lowest BCUT2D eigenvalue weighted by Crippen LogP contribution is -2.19. The van der Waals surface area contributed by atoms with Gasteiger partial charge in [-0.1, -0.05) is 47.5 Å². The van der Waals surface area contributed by atoms with E-state index in [1.54, 1.807) is 0 Å². The Morgan fingerprint density at radius 2 is 1.89 bits per heavy atom. The first-order chi connectivity index (χ1) is 9.10. The second kappa shape index (κ2) is 6.23. The molecule has 0 aliphatic heterocycles. The topological polar surface area (TPSA) is 12.0 Å². The van der Waals surface area contributed by atoms with Crippen LogP contribution in [-0.2, 0) is 6.42 Å². The molecule has 0 aromatic heterocycles. The summed E-state index contributed by atoms with van der Waals surface area (Å²) in [6, 6.07) is 15.1. The third kappa shape index (κ3) is 3.59. The van der Waals surface area contributed by atoms with Crippen LogP contribution in [0.25, 0.3) is 0 Å². The van der Waals surface area contributed by atoms with E-state index in [1.165, 1.54) is 22.3 Å². The first-order valence-corrected chi connectivity index (χ1v) is 6.97. The maximum atomic E-state index is 6.03. The van der Waals surface area contributed by atoms with E-state index in [0.29, 0.717) is 6.04 Å². The molecular formula is C17H20ClN. The summed E-state index contributed by atoms with van der Waals surface area (Å²) in [5.74, 6) is 0. The molecule has 2 aromatic carbocycles. The van der Waals surface area contributed by atoms with Gasteiger partial charge in [0.1, 0.15) is 0 Å². The van der Waals surface area contributed by atoms with Crippen molar-refractivity contribution >= 4 is 11.6 Å². The van der Waals surface area contributed by atoms with Gasteiger partial charge in [0, 0.05) is 11.1 Å². The Morgan fingerprint density at radius 3 is 2.53 bits per heavy atom. The third-order valence-electron chi connectivity index (χ3n) is 3.48. The Kier molecular flexibility index (Phi) is 4.62. The second-order valence-electron chi connectivity index (χ2n) is 5.04. The summed E-state index contributed by atoms with van der Waals surface area (Å²) >= 11 is 6.03. The fourth-order valence-electron chi connectivity index (χ4n) is 2.47. The van der Waals surface area contributed by atoms with Crippen molar-refractivity contribution in [3.05, 3.63) is 69.7 Å². The van der Waals surface area contributed by atoms with Crippen molar-refractivity contribution in [3.8, 4) is 0 Å². The van der Waals surface area contributed by atoms with Crippen molar-refractivity contribution in [1.82, 2.24) is 5.32 Å². The molecule has 0 amide bonds. The number of likely N-dealkylation sites (N-methyl/N-ethyl adjacent to an activating group) is 1. The van der Waals surface area contributed by atoms with Gasteiger partial charge in [-0.15, -0.1) is 0 Å². The molecule has 0 heterocycles. The van der Waals surface area contributed by atoms with Gasteiger partial charge in [0.15, 0.2) is 0 Å². The van der Waals surface area contributed by atoms with Gasteiger partial charge in [-0.05, 0) is 56.1 Å². The molecular weight excluding hydrogens is 254 g/mol. The fraction of sp³-hybridized carbons (Fsp3) is 0.294. The Labute approximate surface area is 120 Å². The van der Waals surface area contributed by atoms with Gasteiger partial charge in [0.05, 0.1) is 0 Å². The van der Waals surface area contributed by atoms with Crippen LogP contribution < -0.4 is 5.32 Å². The first kappa shape index (κ1) is 14.1. The first-order valence-electron chi connectivity index (χ1n) is 6.59. The van der Waals surface area contributed by atoms with E-state index in [9.17, 15) is 0 Å². The number of rotatable bonds is 4. The number of hydrogen-bond donors (Lipinski definition) is 1. The molecule has 2 aromatic rings. The van der Waals surface area contributed by atoms with E-state index in [-0.39, 0.29) is 0 Å². The lowest BCUT2D eigenvalue weighted by molar-refractivity contribution is 0.589. The zero-order chi connectivity index (χ0) is 13.8. The monoisotopic (exact) mass is 273 g/mol. The third-order valence-corrected chi connectivity index (χ3v) is 3.71. The van der Waals surface area contributed by atoms with Crippen LogP contribution in [0.2, 0.25) is 5.02 Å². The summed E-state index contributed by atoms with van der Waals surface area (Å²) in [7, 11) is 2.01. The van der Waals surface area contributed by atoms with Crippen LogP contribution in [-0.4, -0.2) is 7.05 Å². The number of nitrogens with one attached hydrogen (secondary N) is 1. The van der Waals surface area contributed by atoms with Crippen LogP contribution >= 0.6 is 11.6 Å². The van der Waals surface area contributed by atoms with Crippen LogP contribution in [0, 0.1) is 13.8 Å². The highest BCUT2D eigenvalue weighted by Gasteiger charge is 2.12. The Morgan fingerprint density at radius 1 is 1.11 bits per heavy atom. The van der Waals surface area contributed by atoms with E-state index in [0.717, 1.165) is 11.4 Å². The number of aryl methyl sites for hydroxylation is 2. The minimum absolute atomic E-state index is 0.319. The van der Waals surface area contributed by atoms with E-state index < -0.39 is 0 Å². The molecule has 1 N–H and O–H groups in total. The van der Waals surface area contributed by atoms with Crippen LogP contribution in [0.3, 0.4) is 0 Å². The van der Waals surface area contributed by atoms with Gasteiger partial charge < -0.3 is 5.32 Å². The number of hydrogen-bond acceptors (Lipinski definition) is 1. The summed E-state index contributed by atoms with van der Waals surface area (Å²) in [6.07, 6.45) is 0.987. The van der Waals surface area contributed by atoms with Crippen LogP contribution in [0.15, 0.2) is 42.5 Å². The van der Waals surface area contributed by atoms with Gasteiger partial charge in [-0.2, -0.15) is 0 Å². The highest BCUT2D eigenvalue weighted by molar-refractivity contribution is 6.30. The van der Waals surface area contributed by atoms with Crippen molar-refractivity contribution in [2.24, 2.45) is 0 Å². The zero-order valence-electron chi connectivity index (χ0n) is 11.7. The van der Waals surface area contributed by atoms with Crippen molar-refractivity contribution in [2.75, 3.05) is 7.05 Å². The molecule has 1 unspecified atom stereocenters. The fourth-order valence-corrected chi connectivity index (χ4v) is 2.70. The molecule has 19 heavy (non-hydrogen) atoms. The SMILES string of the molecule is CNC(Cc1cccc(C)c1)c1ccc(Cl)cc1C. The maximum absolute atomic E-state index is 6.03. The average Bonchev–Trinajstić information content (AvgIpc) is 2.37. The lowest BCUT2D eigenvalue weighted by Gasteiger charge is -2.19. The zero-order valence-corrected chi connectivity index (χ0v) is 12.5. The lowest BCUT2D eigenvalue weighted by atomic mass is 9.95. The highest BCUT2D eigenvalue weighted by atomic mass is 35.5. The second-order valence-corrected chi connectivity index (χ2v) is 5.47. The summed E-state index contributed by atoms with van der Waals surface area (Å²) in [4.78, 5) is 0. The average molecular weight is 274 g/mol. The Bertz CT molecular complexity index is 563. The molecule has 1 atom stereocenters. The van der Waals surface area contributed by atoms with Crippen molar-refractivity contribution < 1.29 is 0 Å². The standard InChI is InChI=1S/C17H20ClN/c1-12-5-4-6-14(9-12)11-17(19-3)16-8-7-15(18)10-13(16)2/h4-10,17,19H,11H2,1-3H3. The van der Waals surface area contributed by atoms with E-state index in [2.05, 4.69) is 49.5 Å². The van der Waals surface area contributed by atoms with Gasteiger partial charge in [-0.25, -0.2) is 0 Å². The molecule has 2 heteroatoms. The van der Waals surface area contributed by atoms with Crippen LogP contribution in [0.4, 0.5) is 0 Å². The van der Waals surface area contributed by atoms with Gasteiger partial charge in [0.25, 0.3) is 0 Å². The number of halogens is 1.